The summed E-state index contributed by atoms with van der Waals surface area (Å²) in [6.45, 7) is 0.751. The molecule has 2 rings (SSSR count). The highest BCUT2D eigenvalue weighted by atomic mass is 16.4. The lowest BCUT2D eigenvalue weighted by atomic mass is 10.1. The minimum absolute atomic E-state index is 0.0201. The van der Waals surface area contributed by atoms with Crippen LogP contribution in [0.3, 0.4) is 0 Å². The maximum absolute atomic E-state index is 10.4. The van der Waals surface area contributed by atoms with Gasteiger partial charge in [0.1, 0.15) is 0 Å². The Balaban J connectivity index is 2.02. The van der Waals surface area contributed by atoms with E-state index in [9.17, 15) is 19.8 Å². The summed E-state index contributed by atoms with van der Waals surface area (Å²) in [5.41, 5.74) is 1.99. The molecule has 6 nitrogen and oxygen atoms in total. The largest absolute Gasteiger partial charge is 0.550 e. The third-order valence-corrected chi connectivity index (χ3v) is 3.26. The van der Waals surface area contributed by atoms with E-state index in [2.05, 4.69) is 0 Å². The number of rotatable bonds is 7. The summed E-state index contributed by atoms with van der Waals surface area (Å²) in [7, 11) is 0. The lowest BCUT2D eigenvalue weighted by Gasteiger charge is -2.02. The predicted octanol–water partition coefficient (Wildman–Crippen LogP) is -1.79. The van der Waals surface area contributed by atoms with Crippen LogP contribution in [-0.2, 0) is 22.7 Å². The molecule has 0 N–H and O–H groups in total. The first-order chi connectivity index (χ1) is 10.5. The molecular weight excluding hydrogens is 284 g/mol. The number of aryl methyl sites for hydroxylation is 2. The first kappa shape index (κ1) is 15.6. The molecule has 0 aliphatic heterocycles. The van der Waals surface area contributed by atoms with E-state index >= 15 is 0 Å². The smallest absolute Gasteiger partial charge is 0.169 e. The predicted molar refractivity (Wildman–Crippen MR) is 71.5 cm³/mol. The molecule has 0 aliphatic carbocycles. The quantitative estimate of drug-likeness (QED) is 0.565. The molecule has 0 amide bonds. The van der Waals surface area contributed by atoms with E-state index in [0.29, 0.717) is 13.1 Å². The standard InChI is InChI=1S/C16H16N2O4/c19-15(20)5-11-17-7-1-13(2-8-17)14-3-9-18(10-4-14)12-6-16(21)22/h1-4,7-10H,5-6,11-12H2. The summed E-state index contributed by atoms with van der Waals surface area (Å²) < 4.78 is 3.56. The molecule has 0 spiro atoms. The lowest BCUT2D eigenvalue weighted by Crippen LogP contribution is -2.37. The average molecular weight is 300 g/mol. The third-order valence-electron chi connectivity index (χ3n) is 3.26. The second-order valence-electron chi connectivity index (χ2n) is 4.89. The van der Waals surface area contributed by atoms with Gasteiger partial charge in [-0.25, -0.2) is 9.13 Å². The minimum Gasteiger partial charge on any atom is -0.550 e. The van der Waals surface area contributed by atoms with Crippen LogP contribution in [-0.4, -0.2) is 11.9 Å². The number of pyridine rings is 2. The number of aromatic nitrogens is 2. The van der Waals surface area contributed by atoms with Gasteiger partial charge in [0.15, 0.2) is 37.9 Å². The van der Waals surface area contributed by atoms with Crippen LogP contribution in [0.15, 0.2) is 49.1 Å². The Morgan fingerprint density at radius 3 is 1.32 bits per heavy atom. The first-order valence-corrected chi connectivity index (χ1v) is 6.93. The van der Waals surface area contributed by atoms with Crippen LogP contribution in [0.5, 0.6) is 0 Å². The molecule has 0 fully saturated rings. The molecule has 0 saturated carbocycles. The van der Waals surface area contributed by atoms with Crippen LogP contribution in [0.4, 0.5) is 0 Å². The van der Waals surface area contributed by atoms with Gasteiger partial charge < -0.3 is 19.8 Å². The van der Waals surface area contributed by atoms with Crippen LogP contribution >= 0.6 is 0 Å². The Hall–Kier alpha value is -2.76. The van der Waals surface area contributed by atoms with Crippen molar-refractivity contribution in [3.63, 3.8) is 0 Å². The molecular formula is C16H16N2O4. The molecule has 2 aromatic heterocycles. The molecule has 0 radical (unpaired) electrons. The molecule has 2 aromatic rings. The number of aliphatic carboxylic acids is 2. The van der Waals surface area contributed by atoms with Crippen LogP contribution in [0.25, 0.3) is 11.1 Å². The number of carboxylic acids is 2. The Bertz CT molecular complexity index is 591. The number of hydrogen-bond acceptors (Lipinski definition) is 4. The van der Waals surface area contributed by atoms with Crippen molar-refractivity contribution in [3.8, 4) is 11.1 Å². The van der Waals surface area contributed by atoms with E-state index in [-0.39, 0.29) is 12.8 Å². The van der Waals surface area contributed by atoms with Crippen LogP contribution in [0.1, 0.15) is 12.8 Å². The normalized spacial score (nSPS) is 10.4. The second-order valence-corrected chi connectivity index (χ2v) is 4.89. The van der Waals surface area contributed by atoms with Gasteiger partial charge in [-0.05, 0) is 11.1 Å². The summed E-state index contributed by atoms with van der Waals surface area (Å²) >= 11 is 0. The van der Waals surface area contributed by atoms with Crippen molar-refractivity contribution in [3.05, 3.63) is 49.1 Å². The number of hydrogen-bond donors (Lipinski definition) is 0. The van der Waals surface area contributed by atoms with Gasteiger partial charge in [-0.3, -0.25) is 0 Å². The SMILES string of the molecule is O=C([O-])CC[n+]1ccc(-c2cc[n+](CCC(=O)[O-])cc2)cc1. The Morgan fingerprint density at radius 1 is 0.727 bits per heavy atom. The van der Waals surface area contributed by atoms with E-state index in [1.807, 2.05) is 49.1 Å². The molecule has 0 saturated heterocycles. The van der Waals surface area contributed by atoms with Crippen LogP contribution in [0.2, 0.25) is 0 Å². The molecule has 0 aliphatic rings. The second kappa shape index (κ2) is 7.31. The number of carboxylic acid groups (broad SMARTS) is 2. The van der Waals surface area contributed by atoms with Gasteiger partial charge in [-0.2, -0.15) is 0 Å². The number of nitrogens with zero attached hydrogens (tertiary/aromatic N) is 2. The molecule has 6 heteroatoms. The van der Waals surface area contributed by atoms with Crippen molar-refractivity contribution < 1.29 is 28.9 Å². The van der Waals surface area contributed by atoms with Gasteiger partial charge in [-0.15, -0.1) is 0 Å². The van der Waals surface area contributed by atoms with Gasteiger partial charge in [0.05, 0.1) is 0 Å². The zero-order valence-corrected chi connectivity index (χ0v) is 12.0. The fourth-order valence-corrected chi connectivity index (χ4v) is 2.04. The number of carbonyl (C=O) groups excluding carboxylic acids is 2. The lowest BCUT2D eigenvalue weighted by molar-refractivity contribution is -0.696. The monoisotopic (exact) mass is 300 g/mol. The highest BCUT2D eigenvalue weighted by molar-refractivity contribution is 5.64. The van der Waals surface area contributed by atoms with E-state index in [1.165, 1.54) is 0 Å². The van der Waals surface area contributed by atoms with Crippen molar-refractivity contribution >= 4 is 11.9 Å². The highest BCUT2D eigenvalue weighted by Gasteiger charge is 2.06. The molecule has 0 bridgehead atoms. The average Bonchev–Trinajstić information content (AvgIpc) is 2.52. The maximum atomic E-state index is 10.4. The minimum atomic E-state index is -1.07. The van der Waals surface area contributed by atoms with E-state index in [0.717, 1.165) is 11.1 Å². The molecule has 22 heavy (non-hydrogen) atoms. The first-order valence-electron chi connectivity index (χ1n) is 6.93. The van der Waals surface area contributed by atoms with Gasteiger partial charge in [0, 0.05) is 49.0 Å². The van der Waals surface area contributed by atoms with Crippen molar-refractivity contribution in [1.29, 1.82) is 0 Å². The summed E-state index contributed by atoms with van der Waals surface area (Å²) in [4.78, 5) is 20.8. The summed E-state index contributed by atoms with van der Waals surface area (Å²) in [5, 5.41) is 20.8. The Morgan fingerprint density at radius 2 is 1.05 bits per heavy atom. The highest BCUT2D eigenvalue weighted by Crippen LogP contribution is 2.15. The van der Waals surface area contributed by atoms with E-state index in [4.69, 9.17) is 0 Å². The Kier molecular flexibility index (Phi) is 5.19. The van der Waals surface area contributed by atoms with Crippen molar-refractivity contribution in [1.82, 2.24) is 0 Å². The van der Waals surface area contributed by atoms with Crippen LogP contribution < -0.4 is 19.3 Å². The maximum Gasteiger partial charge on any atom is 0.169 e. The van der Waals surface area contributed by atoms with Crippen molar-refractivity contribution in [2.24, 2.45) is 0 Å². The zero-order valence-electron chi connectivity index (χ0n) is 12.0. The zero-order chi connectivity index (χ0) is 15.9. The van der Waals surface area contributed by atoms with E-state index in [1.54, 1.807) is 9.13 Å². The molecule has 2 heterocycles. The van der Waals surface area contributed by atoms with Gasteiger partial charge in [-0.1, -0.05) is 0 Å². The topological polar surface area (TPSA) is 88.0 Å². The third kappa shape index (κ3) is 4.66. The van der Waals surface area contributed by atoms with E-state index < -0.39 is 11.9 Å². The Labute approximate surface area is 127 Å². The number of carbonyl (C=O) groups is 2. The molecule has 114 valence electrons. The van der Waals surface area contributed by atoms with Gasteiger partial charge in [0.2, 0.25) is 0 Å². The summed E-state index contributed by atoms with van der Waals surface area (Å²) in [6, 6.07) is 7.60. The fourth-order valence-electron chi connectivity index (χ4n) is 2.04. The summed E-state index contributed by atoms with van der Waals surface area (Å²) in [5.74, 6) is -2.14. The molecule has 0 atom stereocenters. The van der Waals surface area contributed by atoms with Crippen molar-refractivity contribution in [2.45, 2.75) is 25.9 Å². The fraction of sp³-hybridized carbons (Fsp3) is 0.250. The van der Waals surface area contributed by atoms with Gasteiger partial charge >= 0.3 is 0 Å². The van der Waals surface area contributed by atoms with Crippen LogP contribution in [0, 0.1) is 0 Å². The van der Waals surface area contributed by atoms with Crippen molar-refractivity contribution in [2.75, 3.05) is 0 Å². The molecule has 0 aromatic carbocycles. The summed E-state index contributed by atoms with van der Waals surface area (Å²) in [6.07, 6.45) is 7.22. The molecule has 0 unspecified atom stereocenters. The van der Waals surface area contributed by atoms with Gasteiger partial charge in [0.25, 0.3) is 0 Å².